The first-order valence-corrected chi connectivity index (χ1v) is 7.78. The molecule has 0 aliphatic rings. The Labute approximate surface area is 136 Å². The molecule has 0 fully saturated rings. The van der Waals surface area contributed by atoms with Crippen LogP contribution in [-0.4, -0.2) is 10.9 Å². The number of rotatable bonds is 3. The highest BCUT2D eigenvalue weighted by Crippen LogP contribution is 2.17. The molecule has 1 amide bonds. The minimum atomic E-state index is -0.344. The molecule has 23 heavy (non-hydrogen) atoms. The lowest BCUT2D eigenvalue weighted by atomic mass is 10.1. The number of anilines is 1. The smallest absolute Gasteiger partial charge is 0.250 e. The number of nitrogens with one attached hydrogen (secondary N) is 1. The Morgan fingerprint density at radius 3 is 2.91 bits per heavy atom. The van der Waals surface area contributed by atoms with Crippen molar-refractivity contribution in [3.8, 4) is 0 Å². The second-order valence-corrected chi connectivity index (χ2v) is 6.35. The van der Waals surface area contributed by atoms with Crippen molar-refractivity contribution in [3.05, 3.63) is 63.0 Å². The van der Waals surface area contributed by atoms with Gasteiger partial charge in [-0.1, -0.05) is 11.6 Å². The summed E-state index contributed by atoms with van der Waals surface area (Å²) in [6.45, 7) is 3.82. The molecule has 0 unspecified atom stereocenters. The van der Waals surface area contributed by atoms with Crippen LogP contribution in [0.2, 0.25) is 0 Å². The number of hydrogen-bond donors (Lipinski definition) is 1. The Hall–Kier alpha value is -2.73. The second-order valence-electron chi connectivity index (χ2n) is 5.12. The van der Waals surface area contributed by atoms with E-state index in [0.29, 0.717) is 21.7 Å². The molecule has 0 radical (unpaired) electrons. The van der Waals surface area contributed by atoms with Gasteiger partial charge in [0.1, 0.15) is 11.8 Å². The Morgan fingerprint density at radius 1 is 1.35 bits per heavy atom. The van der Waals surface area contributed by atoms with Crippen LogP contribution in [0.25, 0.3) is 17.0 Å². The zero-order valence-electron chi connectivity index (χ0n) is 12.6. The molecule has 2 heterocycles. The molecule has 1 aromatic carbocycles. The molecule has 3 aromatic rings. The highest BCUT2D eigenvalue weighted by Gasteiger charge is 2.06. The molecule has 0 atom stereocenters. The van der Waals surface area contributed by atoms with Gasteiger partial charge in [-0.25, -0.2) is 4.98 Å². The minimum Gasteiger partial charge on any atom is -0.463 e. The van der Waals surface area contributed by atoms with E-state index in [2.05, 4.69) is 10.3 Å². The molecule has 0 bridgehead atoms. The predicted molar refractivity (Wildman–Crippen MR) is 91.7 cm³/mol. The fourth-order valence-corrected chi connectivity index (χ4v) is 2.77. The van der Waals surface area contributed by atoms with Crippen LogP contribution in [0, 0.1) is 13.8 Å². The molecule has 2 aromatic heterocycles. The topological polar surface area (TPSA) is 72.2 Å². The average Bonchev–Trinajstić information content (AvgIpc) is 2.92. The zero-order chi connectivity index (χ0) is 16.4. The molecule has 0 spiro atoms. The molecule has 116 valence electrons. The number of aromatic nitrogens is 1. The second kappa shape index (κ2) is 6.18. The summed E-state index contributed by atoms with van der Waals surface area (Å²) < 4.78 is 5.44. The summed E-state index contributed by atoms with van der Waals surface area (Å²) in [4.78, 5) is 29.3. The lowest BCUT2D eigenvalue weighted by molar-refractivity contribution is -0.111. The van der Waals surface area contributed by atoms with Gasteiger partial charge in [-0.05, 0) is 32.1 Å². The van der Waals surface area contributed by atoms with Crippen molar-refractivity contribution in [2.24, 2.45) is 0 Å². The number of benzene rings is 1. The van der Waals surface area contributed by atoms with Crippen molar-refractivity contribution >= 4 is 39.4 Å². The van der Waals surface area contributed by atoms with Crippen molar-refractivity contribution in [2.75, 3.05) is 5.32 Å². The molecule has 1 N–H and O–H groups in total. The molecule has 0 saturated heterocycles. The van der Waals surface area contributed by atoms with Gasteiger partial charge in [0, 0.05) is 17.2 Å². The van der Waals surface area contributed by atoms with Crippen molar-refractivity contribution in [1.82, 2.24) is 4.98 Å². The molecule has 0 aliphatic heterocycles. The number of aryl methyl sites for hydroxylation is 2. The van der Waals surface area contributed by atoms with Gasteiger partial charge in [-0.2, -0.15) is 0 Å². The van der Waals surface area contributed by atoms with Gasteiger partial charge in [0.2, 0.25) is 5.91 Å². The Balaban J connectivity index is 1.84. The van der Waals surface area contributed by atoms with E-state index < -0.39 is 0 Å². The molecular weight excluding hydrogens is 312 g/mol. The van der Waals surface area contributed by atoms with Crippen molar-refractivity contribution in [2.45, 2.75) is 13.8 Å². The van der Waals surface area contributed by atoms with Crippen molar-refractivity contribution < 1.29 is 9.21 Å². The van der Waals surface area contributed by atoms with E-state index >= 15 is 0 Å². The van der Waals surface area contributed by atoms with Crippen LogP contribution >= 0.6 is 11.3 Å². The van der Waals surface area contributed by atoms with Gasteiger partial charge in [0.05, 0.1) is 10.9 Å². The van der Waals surface area contributed by atoms with E-state index in [9.17, 15) is 9.59 Å². The van der Waals surface area contributed by atoms with Crippen LogP contribution in [0.1, 0.15) is 16.0 Å². The summed E-state index contributed by atoms with van der Waals surface area (Å²) in [6.07, 6.45) is 5.79. The van der Waals surface area contributed by atoms with Gasteiger partial charge < -0.3 is 4.42 Å². The summed E-state index contributed by atoms with van der Waals surface area (Å²) in [6, 6.07) is 5.41. The fraction of sp³-hybridized carbons (Fsp3) is 0.118. The van der Waals surface area contributed by atoms with E-state index in [4.69, 9.17) is 4.42 Å². The van der Waals surface area contributed by atoms with Gasteiger partial charge in [-0.15, -0.1) is 11.3 Å². The predicted octanol–water partition coefficient (Wildman–Crippen LogP) is 3.52. The van der Waals surface area contributed by atoms with Crippen LogP contribution in [-0.2, 0) is 4.79 Å². The molecule has 3 rings (SSSR count). The highest BCUT2D eigenvalue weighted by molar-refractivity contribution is 7.15. The maximum absolute atomic E-state index is 12.4. The Kier molecular flexibility index (Phi) is 4.08. The van der Waals surface area contributed by atoms with Crippen LogP contribution in [0.4, 0.5) is 5.13 Å². The Morgan fingerprint density at radius 2 is 2.17 bits per heavy atom. The first-order chi connectivity index (χ1) is 11.0. The van der Waals surface area contributed by atoms with E-state index in [1.807, 2.05) is 19.9 Å². The summed E-state index contributed by atoms with van der Waals surface area (Å²) in [5.41, 5.74) is 1.67. The van der Waals surface area contributed by atoms with Gasteiger partial charge in [0.25, 0.3) is 0 Å². The van der Waals surface area contributed by atoms with E-state index in [1.165, 1.54) is 29.8 Å². The molecule has 0 saturated carbocycles. The van der Waals surface area contributed by atoms with Crippen LogP contribution < -0.4 is 10.7 Å². The number of fused-ring (bicyclic) bond motifs is 1. The standard InChI is InChI=1S/C17H14N2O3S/c1-10-3-5-14-13(7-10)16(21)12(9-22-14)4-6-15(20)19-17-18-8-11(2)23-17/h3-9H,1-2H3,(H,18,19,20)/b6-4+. The maximum atomic E-state index is 12.4. The monoisotopic (exact) mass is 326 g/mol. The first-order valence-electron chi connectivity index (χ1n) is 6.96. The number of nitrogens with zero attached hydrogens (tertiary/aromatic N) is 1. The number of thiazole rings is 1. The van der Waals surface area contributed by atoms with Crippen molar-refractivity contribution in [3.63, 3.8) is 0 Å². The third-order valence-electron chi connectivity index (χ3n) is 3.22. The summed E-state index contributed by atoms with van der Waals surface area (Å²) >= 11 is 1.39. The van der Waals surface area contributed by atoms with Gasteiger partial charge in [-0.3, -0.25) is 14.9 Å². The fourth-order valence-electron chi connectivity index (χ4n) is 2.10. The zero-order valence-corrected chi connectivity index (χ0v) is 13.4. The van der Waals surface area contributed by atoms with Crippen molar-refractivity contribution in [1.29, 1.82) is 0 Å². The summed E-state index contributed by atoms with van der Waals surface area (Å²) in [7, 11) is 0. The first kappa shape index (κ1) is 15.2. The lowest BCUT2D eigenvalue weighted by Gasteiger charge is -2.00. The third kappa shape index (κ3) is 3.37. The normalized spacial score (nSPS) is 11.2. The molecular formula is C17H14N2O3S. The Bertz CT molecular complexity index is 969. The largest absolute Gasteiger partial charge is 0.463 e. The number of hydrogen-bond acceptors (Lipinski definition) is 5. The van der Waals surface area contributed by atoms with Crippen LogP contribution in [0.5, 0.6) is 0 Å². The molecule has 5 nitrogen and oxygen atoms in total. The SMILES string of the molecule is Cc1ccc2occ(/C=C/C(=O)Nc3ncc(C)s3)c(=O)c2c1. The van der Waals surface area contributed by atoms with Crippen LogP contribution in [0.15, 0.2) is 45.9 Å². The van der Waals surface area contributed by atoms with E-state index in [-0.39, 0.29) is 11.3 Å². The highest BCUT2D eigenvalue weighted by atomic mass is 32.1. The minimum absolute atomic E-state index is 0.163. The average molecular weight is 326 g/mol. The molecule has 6 heteroatoms. The lowest BCUT2D eigenvalue weighted by Crippen LogP contribution is -2.09. The van der Waals surface area contributed by atoms with E-state index in [0.717, 1.165) is 10.4 Å². The molecule has 0 aliphatic carbocycles. The van der Waals surface area contributed by atoms with Gasteiger partial charge in [0.15, 0.2) is 10.6 Å². The summed E-state index contributed by atoms with van der Waals surface area (Å²) in [5.74, 6) is -0.344. The third-order valence-corrected chi connectivity index (χ3v) is 4.05. The summed E-state index contributed by atoms with van der Waals surface area (Å²) in [5, 5.41) is 3.68. The maximum Gasteiger partial charge on any atom is 0.250 e. The van der Waals surface area contributed by atoms with Gasteiger partial charge >= 0.3 is 0 Å². The number of carbonyl (C=O) groups is 1. The number of carbonyl (C=O) groups excluding carboxylic acids is 1. The quantitative estimate of drug-likeness (QED) is 0.748. The number of amides is 1. The van der Waals surface area contributed by atoms with Crippen LogP contribution in [0.3, 0.4) is 0 Å². The van der Waals surface area contributed by atoms with E-state index in [1.54, 1.807) is 18.3 Å².